The summed E-state index contributed by atoms with van der Waals surface area (Å²) in [6.45, 7) is 0. The summed E-state index contributed by atoms with van der Waals surface area (Å²) in [7, 11) is 0. The maximum Gasteiger partial charge on any atom is 0.269 e. The van der Waals surface area contributed by atoms with Gasteiger partial charge in [0.25, 0.3) is 5.69 Å². The molecular formula is C8H10N6O4. The van der Waals surface area contributed by atoms with Crippen molar-refractivity contribution in [2.75, 3.05) is 0 Å². The van der Waals surface area contributed by atoms with Crippen molar-refractivity contribution in [1.82, 2.24) is 10.8 Å². The number of non-ortho nitro benzene ring substituents is 1. The van der Waals surface area contributed by atoms with Crippen LogP contribution in [0, 0.1) is 10.1 Å². The highest BCUT2D eigenvalue weighted by molar-refractivity contribution is 5.82. The van der Waals surface area contributed by atoms with E-state index in [1.54, 1.807) is 0 Å². The maximum absolute atomic E-state index is 10.4. The predicted octanol–water partition coefficient (Wildman–Crippen LogP) is -0.172. The smallest absolute Gasteiger partial charge is 0.269 e. The van der Waals surface area contributed by atoms with E-state index in [2.05, 4.69) is 10.2 Å². The van der Waals surface area contributed by atoms with Gasteiger partial charge in [-0.1, -0.05) is 0 Å². The van der Waals surface area contributed by atoms with Crippen LogP contribution >= 0.6 is 0 Å². The van der Waals surface area contributed by atoms with Crippen LogP contribution in [0.3, 0.4) is 0 Å². The van der Waals surface area contributed by atoms with Gasteiger partial charge in [0.1, 0.15) is 0 Å². The summed E-state index contributed by atoms with van der Waals surface area (Å²) in [4.78, 5) is 9.88. The first-order chi connectivity index (χ1) is 8.49. The molecule has 10 heteroatoms. The van der Waals surface area contributed by atoms with Gasteiger partial charge in [0.2, 0.25) is 5.96 Å². The number of nitrogens with zero attached hydrogens (tertiary/aromatic N) is 4. The molecule has 0 aliphatic heterocycles. The zero-order valence-corrected chi connectivity index (χ0v) is 8.96. The number of hydrogen-bond acceptors (Lipinski definition) is 7. The van der Waals surface area contributed by atoms with E-state index in [4.69, 9.17) is 16.1 Å². The van der Waals surface area contributed by atoms with E-state index in [0.29, 0.717) is 5.56 Å². The van der Waals surface area contributed by atoms with Crippen LogP contribution in [0.15, 0.2) is 34.5 Å². The van der Waals surface area contributed by atoms with E-state index < -0.39 is 4.92 Å². The first-order valence-corrected chi connectivity index (χ1v) is 4.54. The van der Waals surface area contributed by atoms with E-state index in [1.165, 1.54) is 30.5 Å². The molecule has 0 heterocycles. The average Bonchev–Trinajstić information content (AvgIpc) is 2.28. The molecule has 0 bridgehead atoms. The highest BCUT2D eigenvalue weighted by Crippen LogP contribution is 2.10. The van der Waals surface area contributed by atoms with Crippen LogP contribution in [0.25, 0.3) is 0 Å². The predicted molar refractivity (Wildman–Crippen MR) is 60.9 cm³/mol. The Labute approximate surface area is 101 Å². The fourth-order valence-electron chi connectivity index (χ4n) is 0.965. The fraction of sp³-hybridized carbons (Fsp3) is 0. The number of nitro benzene ring substituents is 1. The van der Waals surface area contributed by atoms with Crippen molar-refractivity contribution in [2.24, 2.45) is 15.9 Å². The molecule has 0 aliphatic carbocycles. The van der Waals surface area contributed by atoms with Gasteiger partial charge < -0.3 is 5.73 Å². The van der Waals surface area contributed by atoms with Crippen LogP contribution in [0.4, 0.5) is 5.69 Å². The second-order valence-electron chi connectivity index (χ2n) is 2.98. The summed E-state index contributed by atoms with van der Waals surface area (Å²) in [5.41, 5.74) is 7.54. The van der Waals surface area contributed by atoms with E-state index in [0.717, 1.165) is 0 Å². The molecule has 0 unspecified atom stereocenters. The SMILES string of the molecule is NC(=NN=Cc1ccc([N+](=O)[O-])cc1)NN(O)O. The van der Waals surface area contributed by atoms with E-state index in [9.17, 15) is 10.1 Å². The van der Waals surface area contributed by atoms with E-state index in [-0.39, 0.29) is 17.0 Å². The molecule has 0 saturated carbocycles. The third kappa shape index (κ3) is 4.52. The zero-order valence-electron chi connectivity index (χ0n) is 8.96. The lowest BCUT2D eigenvalue weighted by atomic mass is 10.2. The molecule has 5 N–H and O–H groups in total. The Balaban J connectivity index is 2.64. The van der Waals surface area contributed by atoms with Gasteiger partial charge in [-0.2, -0.15) is 5.10 Å². The summed E-state index contributed by atoms with van der Waals surface area (Å²) < 4.78 is 0. The second-order valence-corrected chi connectivity index (χ2v) is 2.98. The molecule has 0 fully saturated rings. The van der Waals surface area contributed by atoms with Gasteiger partial charge in [0.15, 0.2) is 0 Å². The van der Waals surface area contributed by atoms with Crippen LogP contribution in [-0.4, -0.2) is 32.8 Å². The summed E-state index contributed by atoms with van der Waals surface area (Å²) in [5.74, 6) is -0.349. The average molecular weight is 254 g/mol. The molecule has 0 amide bonds. The third-order valence-corrected chi connectivity index (χ3v) is 1.69. The van der Waals surface area contributed by atoms with Crippen molar-refractivity contribution in [3.05, 3.63) is 39.9 Å². The molecular weight excluding hydrogens is 244 g/mol. The van der Waals surface area contributed by atoms with Crippen LogP contribution in [0.2, 0.25) is 0 Å². The molecule has 0 atom stereocenters. The summed E-state index contributed by atoms with van der Waals surface area (Å²) in [6, 6.07) is 5.59. The molecule has 18 heavy (non-hydrogen) atoms. The van der Waals surface area contributed by atoms with Crippen LogP contribution in [0.5, 0.6) is 0 Å². The van der Waals surface area contributed by atoms with Crippen LogP contribution < -0.4 is 11.2 Å². The number of benzene rings is 1. The van der Waals surface area contributed by atoms with Gasteiger partial charge in [-0.3, -0.25) is 20.5 Å². The van der Waals surface area contributed by atoms with Gasteiger partial charge in [0, 0.05) is 17.5 Å². The minimum atomic E-state index is -0.516. The van der Waals surface area contributed by atoms with Gasteiger partial charge in [-0.05, 0) is 17.7 Å². The quantitative estimate of drug-likeness (QED) is 0.252. The molecule has 0 saturated heterocycles. The standard InChI is InChI=1S/C8H10N6O4/c9-8(12-14(17)18)11-10-5-6-1-3-7(4-2-6)13(15)16/h1-5,17-18H,(H3,9,11,12). The largest absolute Gasteiger partial charge is 0.367 e. The molecule has 1 aromatic carbocycles. The van der Waals surface area contributed by atoms with Crippen LogP contribution in [0.1, 0.15) is 5.56 Å². The number of nitrogens with two attached hydrogens (primary N) is 1. The highest BCUT2D eigenvalue weighted by atomic mass is 16.8. The van der Waals surface area contributed by atoms with Gasteiger partial charge in [-0.25, -0.2) is 5.43 Å². The second kappa shape index (κ2) is 6.24. The Hall–Kier alpha value is -2.56. The Morgan fingerprint density at radius 1 is 1.44 bits per heavy atom. The van der Waals surface area contributed by atoms with E-state index in [1.807, 2.05) is 5.43 Å². The highest BCUT2D eigenvalue weighted by Gasteiger charge is 2.02. The molecule has 0 aliphatic rings. The monoisotopic (exact) mass is 254 g/mol. The van der Waals surface area contributed by atoms with E-state index >= 15 is 0 Å². The normalized spacial score (nSPS) is 12.1. The number of nitrogens with one attached hydrogen (secondary N) is 1. The van der Waals surface area contributed by atoms with Crippen molar-refractivity contribution in [1.29, 1.82) is 0 Å². The maximum atomic E-state index is 10.4. The molecule has 1 aromatic rings. The zero-order chi connectivity index (χ0) is 13.5. The molecule has 1 rings (SSSR count). The van der Waals surface area contributed by atoms with Crippen molar-refractivity contribution < 1.29 is 15.3 Å². The number of guanidine groups is 1. The molecule has 10 nitrogen and oxygen atoms in total. The lowest BCUT2D eigenvalue weighted by Gasteiger charge is -2.05. The topological polar surface area (TPSA) is 150 Å². The third-order valence-electron chi connectivity index (χ3n) is 1.69. The van der Waals surface area contributed by atoms with Crippen molar-refractivity contribution in [3.8, 4) is 0 Å². The summed E-state index contributed by atoms with van der Waals surface area (Å²) in [6.07, 6.45) is 1.29. The first-order valence-electron chi connectivity index (χ1n) is 4.54. The first kappa shape index (κ1) is 13.5. The van der Waals surface area contributed by atoms with Gasteiger partial charge in [-0.15, -0.1) is 5.10 Å². The number of hydrazine groups is 1. The summed E-state index contributed by atoms with van der Waals surface area (Å²) >= 11 is 0. The van der Waals surface area contributed by atoms with Crippen molar-refractivity contribution >= 4 is 17.9 Å². The Morgan fingerprint density at radius 3 is 2.56 bits per heavy atom. The van der Waals surface area contributed by atoms with Crippen molar-refractivity contribution in [3.63, 3.8) is 0 Å². The Kier molecular flexibility index (Phi) is 4.68. The van der Waals surface area contributed by atoms with Gasteiger partial charge in [0.05, 0.1) is 11.1 Å². The molecule has 0 spiro atoms. The van der Waals surface area contributed by atoms with Gasteiger partial charge >= 0.3 is 0 Å². The van der Waals surface area contributed by atoms with Crippen LogP contribution in [-0.2, 0) is 0 Å². The fourth-order valence-corrected chi connectivity index (χ4v) is 0.965. The number of rotatable bonds is 4. The minimum Gasteiger partial charge on any atom is -0.367 e. The number of nitro groups is 1. The minimum absolute atomic E-state index is 0.0342. The Morgan fingerprint density at radius 2 is 2.06 bits per heavy atom. The lowest BCUT2D eigenvalue weighted by molar-refractivity contribution is -0.384. The summed E-state index contributed by atoms with van der Waals surface area (Å²) in [5, 5.41) is 33.6. The molecule has 96 valence electrons. The Bertz CT molecular complexity index is 469. The van der Waals surface area contributed by atoms with Crippen molar-refractivity contribution in [2.45, 2.75) is 0 Å². The lowest BCUT2D eigenvalue weighted by Crippen LogP contribution is -2.41. The molecule has 0 radical (unpaired) electrons. The number of hydrogen-bond donors (Lipinski definition) is 4. The molecule has 0 aromatic heterocycles.